The van der Waals surface area contributed by atoms with Gasteiger partial charge in [0.25, 0.3) is 0 Å². The van der Waals surface area contributed by atoms with E-state index in [4.69, 9.17) is 3.83 Å². The number of nitro benzene ring substituents is 2. The first-order valence-corrected chi connectivity index (χ1v) is 16.9. The normalized spacial score (nSPS) is 12.0. The van der Waals surface area contributed by atoms with Crippen molar-refractivity contribution in [3.63, 3.8) is 0 Å². The number of rotatable bonds is 9. The quantitative estimate of drug-likeness (QED) is 0.151. The molecule has 0 aliphatic rings. The molecule has 0 saturated heterocycles. The van der Waals surface area contributed by atoms with E-state index in [0.29, 0.717) is 23.5 Å². The molecule has 0 fully saturated rings. The van der Waals surface area contributed by atoms with Gasteiger partial charge in [0.1, 0.15) is 0 Å². The van der Waals surface area contributed by atoms with Crippen molar-refractivity contribution in [3.05, 3.63) is 159 Å². The van der Waals surface area contributed by atoms with Crippen LogP contribution >= 0.6 is 0 Å². The summed E-state index contributed by atoms with van der Waals surface area (Å²) in [5, 5.41) is 34.2. The Kier molecular flexibility index (Phi) is 7.09. The summed E-state index contributed by atoms with van der Waals surface area (Å²) in [4.78, 5) is 35.7. The summed E-state index contributed by atoms with van der Waals surface area (Å²) in [6, 6.07) is 38.0. The number of phenolic OH excluding ortho intramolecular Hbond substituents is 1. The van der Waals surface area contributed by atoms with Gasteiger partial charge in [0.05, 0.1) is 0 Å². The van der Waals surface area contributed by atoms with Crippen LogP contribution in [-0.4, -0.2) is 32.7 Å². The third-order valence-electron chi connectivity index (χ3n) is 6.89. The summed E-state index contributed by atoms with van der Waals surface area (Å²) in [5.41, 5.74) is -2.51. The van der Waals surface area contributed by atoms with Crippen molar-refractivity contribution in [1.82, 2.24) is 0 Å². The molecule has 0 atom stereocenters. The molecule has 0 bridgehead atoms. The molecular weight excluding hydrogens is 589 g/mol. The van der Waals surface area contributed by atoms with E-state index in [2.05, 4.69) is 0 Å². The van der Waals surface area contributed by atoms with Gasteiger partial charge in [-0.25, -0.2) is 0 Å². The van der Waals surface area contributed by atoms with E-state index in [-0.39, 0.29) is 4.92 Å². The first kappa shape index (κ1) is 27.2. The minimum absolute atomic E-state index is 0.0130. The molecule has 0 heterocycles. The van der Waals surface area contributed by atoms with Gasteiger partial charge < -0.3 is 0 Å². The summed E-state index contributed by atoms with van der Waals surface area (Å²) in [6.45, 7) is 0. The Labute approximate surface area is 234 Å². The summed E-state index contributed by atoms with van der Waals surface area (Å²) in [7, 11) is 0. The molecule has 0 unspecified atom stereocenters. The van der Waals surface area contributed by atoms with Gasteiger partial charge in [0.2, 0.25) is 0 Å². The second-order valence-electron chi connectivity index (χ2n) is 9.06. The molecule has 10 nitrogen and oxygen atoms in total. The number of nitrogens with zero attached hydrogens (tertiary/aromatic N) is 3. The molecule has 1 N–H and O–H groups in total. The summed E-state index contributed by atoms with van der Waals surface area (Å²) in [6.07, 6.45) is 0. The number of phenols is 1. The number of nitro groups is 2. The van der Waals surface area contributed by atoms with E-state index in [1.165, 1.54) is 0 Å². The minimum atomic E-state index is -5.42. The zero-order valence-electron chi connectivity index (χ0n) is 21.4. The number of hydrogen-bond donors (Lipinski definition) is 1. The molecule has 0 aromatic heterocycles. The monoisotopic (exact) mass is 612 g/mol. The molecule has 0 saturated carbocycles. The Morgan fingerprint density at radius 3 is 1.20 bits per heavy atom. The van der Waals surface area contributed by atoms with Crippen LogP contribution in [-0.2, 0) is 3.83 Å². The predicted octanol–water partition coefficient (Wildman–Crippen LogP) is 4.08. The van der Waals surface area contributed by atoms with Crippen LogP contribution in [0.15, 0.2) is 133 Å². The average molecular weight is 612 g/mol. The van der Waals surface area contributed by atoms with Gasteiger partial charge >= 0.3 is 235 Å². The average Bonchev–Trinajstić information content (AvgIpc) is 3.01. The van der Waals surface area contributed by atoms with Gasteiger partial charge in [0, 0.05) is 0 Å². The van der Waals surface area contributed by atoms with Gasteiger partial charge in [-0.3, -0.25) is 0 Å². The molecule has 5 aromatic rings. The van der Waals surface area contributed by atoms with Crippen molar-refractivity contribution in [3.8, 4) is 5.75 Å². The molecule has 0 aliphatic heterocycles. The Balaban J connectivity index is 1.95. The van der Waals surface area contributed by atoms with E-state index in [1.807, 2.05) is 121 Å². The van der Waals surface area contributed by atoms with Crippen LogP contribution in [0.1, 0.15) is 0 Å². The van der Waals surface area contributed by atoms with Crippen LogP contribution in [0.4, 0.5) is 17.1 Å². The summed E-state index contributed by atoms with van der Waals surface area (Å²) >= 11 is -5.42. The second-order valence-corrected chi connectivity index (χ2v) is 18.1. The fraction of sp³-hybridized carbons (Fsp3) is 0. The molecule has 5 rings (SSSR count). The molecule has 5 aromatic carbocycles. The molecule has 11 heteroatoms. The maximum absolute atomic E-state index is 14.3. The first-order chi connectivity index (χ1) is 19.8. The van der Waals surface area contributed by atoms with Crippen LogP contribution in [0.2, 0.25) is 0 Å². The fourth-order valence-corrected chi connectivity index (χ4v) is 16.7. The Morgan fingerprint density at radius 2 is 0.878 bits per heavy atom. The second kappa shape index (κ2) is 10.7. The van der Waals surface area contributed by atoms with Gasteiger partial charge in [-0.2, -0.15) is 0 Å². The van der Waals surface area contributed by atoms with Crippen LogP contribution in [0.3, 0.4) is 0 Å². The van der Waals surface area contributed by atoms with Crippen LogP contribution in [0, 0.1) is 25.1 Å². The molecule has 204 valence electrons. The van der Waals surface area contributed by atoms with Gasteiger partial charge in [-0.15, -0.1) is 0 Å². The van der Waals surface area contributed by atoms with Gasteiger partial charge in [-0.05, 0) is 0 Å². The van der Waals surface area contributed by atoms with Gasteiger partial charge in [-0.1, -0.05) is 0 Å². The van der Waals surface area contributed by atoms with Crippen molar-refractivity contribution in [2.75, 3.05) is 0 Å². The number of aromatic hydroxyl groups is 1. The van der Waals surface area contributed by atoms with Crippen LogP contribution in [0.25, 0.3) is 0 Å². The van der Waals surface area contributed by atoms with Crippen molar-refractivity contribution in [1.29, 1.82) is 0 Å². The maximum atomic E-state index is 14.3. The molecule has 0 radical (unpaired) electrons. The zero-order valence-corrected chi connectivity index (χ0v) is 23.3. The number of benzene rings is 5. The standard InChI is InChI=1S/C30H22AsN3O7/c35-30-28(33(38)39)21-27(32(36)37)22-29(30)34(40)41-31(23-13-5-1-6-14-23,24-15-7-2-8-16-24,25-17-9-3-10-18-25)26-19-11-4-12-20-26/h1-22H/p+1. The van der Waals surface area contributed by atoms with Crippen molar-refractivity contribution in [2.24, 2.45) is 0 Å². The van der Waals surface area contributed by atoms with E-state index in [1.54, 1.807) is 0 Å². The first-order valence-electron chi connectivity index (χ1n) is 12.4. The summed E-state index contributed by atoms with van der Waals surface area (Å²) in [5.74, 6) is -1.05. The third-order valence-corrected chi connectivity index (χ3v) is 18.7. The molecular formula is C30H23AsN3O7+. The topological polar surface area (TPSA) is 136 Å². The van der Waals surface area contributed by atoms with Gasteiger partial charge in [0.15, 0.2) is 0 Å². The van der Waals surface area contributed by atoms with Crippen LogP contribution < -0.4 is 17.4 Å². The summed E-state index contributed by atoms with van der Waals surface area (Å²) < 4.78 is 9.41. The number of hydrogen-bond acceptors (Lipinski definition) is 7. The Hall–Kier alpha value is -5.34. The van der Waals surface area contributed by atoms with E-state index in [9.17, 15) is 30.2 Å². The Morgan fingerprint density at radius 1 is 0.537 bits per heavy atom. The van der Waals surface area contributed by atoms with E-state index in [0.717, 1.165) is 6.07 Å². The number of non-ortho nitro benzene ring substituents is 1. The zero-order chi connectivity index (χ0) is 29.1. The SMILES string of the molecule is O=[N+]([O-])c1cc([N+](=O)[O-])c(O)c([N+](=O)O[As](c2ccccc2)(c2ccccc2)(c2ccccc2)c2ccccc2)c1. The third kappa shape index (κ3) is 4.31. The molecule has 41 heavy (non-hydrogen) atoms. The van der Waals surface area contributed by atoms with E-state index < -0.39 is 45.5 Å². The van der Waals surface area contributed by atoms with Crippen molar-refractivity contribution < 1.29 is 23.7 Å². The predicted molar refractivity (Wildman–Crippen MR) is 156 cm³/mol. The fourth-order valence-electron chi connectivity index (χ4n) is 5.10. The molecule has 0 spiro atoms. The van der Waals surface area contributed by atoms with Crippen molar-refractivity contribution in [2.45, 2.75) is 0 Å². The molecule has 0 amide bonds. The van der Waals surface area contributed by atoms with Crippen LogP contribution in [0.5, 0.6) is 5.75 Å². The Bertz CT molecular complexity index is 1580. The van der Waals surface area contributed by atoms with E-state index >= 15 is 0 Å². The van der Waals surface area contributed by atoms with Crippen molar-refractivity contribution >= 4 is 47.3 Å². The molecule has 0 aliphatic carbocycles.